The molecule has 0 bridgehead atoms. The Morgan fingerprint density at radius 1 is 1.16 bits per heavy atom. The molecule has 2 aromatic rings. The molecule has 0 radical (unpaired) electrons. The van der Waals surface area contributed by atoms with Crippen molar-refractivity contribution in [3.8, 4) is 0 Å². The van der Waals surface area contributed by atoms with Crippen molar-refractivity contribution in [2.24, 2.45) is 0 Å². The number of amides is 1. The molecule has 168 valence electrons. The predicted octanol–water partition coefficient (Wildman–Crippen LogP) is 2.73. The number of nitrogens with one attached hydrogen (secondary N) is 2. The highest BCUT2D eigenvalue weighted by molar-refractivity contribution is 7.92. The average Bonchev–Trinajstić information content (AvgIpc) is 3.42. The summed E-state index contributed by atoms with van der Waals surface area (Å²) in [5.41, 5.74) is 0.570. The minimum Gasteiger partial charge on any atom is -0.460 e. The Hall–Kier alpha value is -2.04. The zero-order valence-electron chi connectivity index (χ0n) is 18.8. The van der Waals surface area contributed by atoms with Gasteiger partial charge in [-0.3, -0.25) is 9.52 Å². The Bertz CT molecular complexity index is 1130. The fraction of sp³-hybridized carbons (Fsp3) is 0.571. The number of furan rings is 1. The monoisotopic (exact) mass is 448 g/mol. The Kier molecular flexibility index (Phi) is 5.18. The second kappa shape index (κ2) is 7.25. The number of anilines is 1. The van der Waals surface area contributed by atoms with Crippen molar-refractivity contribution < 1.29 is 26.9 Å². The van der Waals surface area contributed by atoms with Gasteiger partial charge >= 0.3 is 7.12 Å². The molecule has 1 aliphatic carbocycles. The summed E-state index contributed by atoms with van der Waals surface area (Å²) in [6.45, 7) is 9.29. The first kappa shape index (κ1) is 22.2. The second-order valence-corrected chi connectivity index (χ2v) is 11.2. The molecule has 0 unspecified atom stereocenters. The first-order valence-electron chi connectivity index (χ1n) is 10.6. The van der Waals surface area contributed by atoms with E-state index in [0.29, 0.717) is 33.4 Å². The van der Waals surface area contributed by atoms with E-state index in [0.717, 1.165) is 12.8 Å². The highest BCUT2D eigenvalue weighted by Gasteiger charge is 2.52. The van der Waals surface area contributed by atoms with Gasteiger partial charge in [-0.2, -0.15) is 0 Å². The summed E-state index contributed by atoms with van der Waals surface area (Å²) < 4.78 is 45.8. The van der Waals surface area contributed by atoms with Gasteiger partial charge in [-0.05, 0) is 53.5 Å². The third kappa shape index (κ3) is 3.85. The SMILES string of the molecule is CCS(=O)(=O)Nc1cc2oc(C3CC3)c(C(=O)NC)c2cc1B1OC(C)(C)C(C)(C)O1. The van der Waals surface area contributed by atoms with Crippen molar-refractivity contribution in [2.75, 3.05) is 17.5 Å². The van der Waals surface area contributed by atoms with Crippen LogP contribution in [-0.4, -0.2) is 45.4 Å². The standard InChI is InChI=1S/C21H29BN2O6S/c1-7-31(26,27)24-15-11-16-13(17(19(25)23-6)18(28-16)12-8-9-12)10-14(15)22-29-20(2,3)21(4,5)30-22/h10-12,24H,7-9H2,1-6H3,(H,23,25). The Morgan fingerprint density at radius 2 is 1.77 bits per heavy atom. The van der Waals surface area contributed by atoms with Gasteiger partial charge in [0.25, 0.3) is 5.91 Å². The number of hydrogen-bond acceptors (Lipinski definition) is 6. The van der Waals surface area contributed by atoms with Crippen molar-refractivity contribution in [1.82, 2.24) is 5.32 Å². The zero-order valence-corrected chi connectivity index (χ0v) is 19.6. The van der Waals surface area contributed by atoms with Gasteiger partial charge in [-0.1, -0.05) is 0 Å². The first-order chi connectivity index (χ1) is 14.4. The summed E-state index contributed by atoms with van der Waals surface area (Å²) in [6.07, 6.45) is 1.92. The van der Waals surface area contributed by atoms with Gasteiger partial charge in [0.2, 0.25) is 10.0 Å². The van der Waals surface area contributed by atoms with Crippen molar-refractivity contribution in [3.05, 3.63) is 23.5 Å². The number of rotatable bonds is 6. The number of hydrogen-bond donors (Lipinski definition) is 2. The van der Waals surface area contributed by atoms with Crippen LogP contribution in [-0.2, 0) is 19.3 Å². The fourth-order valence-corrected chi connectivity index (χ4v) is 4.32. The van der Waals surface area contributed by atoms with Gasteiger partial charge < -0.3 is 19.0 Å². The van der Waals surface area contributed by atoms with Crippen LogP contribution >= 0.6 is 0 Å². The molecule has 2 heterocycles. The summed E-state index contributed by atoms with van der Waals surface area (Å²) >= 11 is 0. The van der Waals surface area contributed by atoms with Gasteiger partial charge in [0.1, 0.15) is 11.3 Å². The Labute approximate surface area is 183 Å². The van der Waals surface area contributed by atoms with E-state index in [1.807, 2.05) is 27.7 Å². The topological polar surface area (TPSA) is 107 Å². The third-order valence-electron chi connectivity index (χ3n) is 6.44. The molecule has 4 rings (SSSR count). The molecule has 31 heavy (non-hydrogen) atoms. The first-order valence-corrected chi connectivity index (χ1v) is 12.2. The minimum absolute atomic E-state index is 0.0805. The lowest BCUT2D eigenvalue weighted by molar-refractivity contribution is 0.00578. The molecule has 1 aromatic heterocycles. The highest BCUT2D eigenvalue weighted by Crippen LogP contribution is 2.45. The normalized spacial score (nSPS) is 20.3. The molecule has 8 nitrogen and oxygen atoms in total. The van der Waals surface area contributed by atoms with Crippen LogP contribution in [0.1, 0.15) is 69.5 Å². The maximum Gasteiger partial charge on any atom is 0.497 e. The van der Waals surface area contributed by atoms with Crippen LogP contribution in [0.4, 0.5) is 5.69 Å². The second-order valence-electron chi connectivity index (χ2n) is 9.22. The quantitative estimate of drug-likeness (QED) is 0.659. The molecule has 10 heteroatoms. The van der Waals surface area contributed by atoms with Crippen LogP contribution in [0.2, 0.25) is 0 Å². The average molecular weight is 448 g/mol. The van der Waals surface area contributed by atoms with Crippen molar-refractivity contribution >= 4 is 45.2 Å². The number of carbonyl (C=O) groups excluding carboxylic acids is 1. The molecule has 1 saturated heterocycles. The van der Waals surface area contributed by atoms with Crippen LogP contribution in [0.25, 0.3) is 11.0 Å². The molecule has 2 aliphatic rings. The van der Waals surface area contributed by atoms with Crippen LogP contribution in [0.5, 0.6) is 0 Å². The molecular formula is C21H29BN2O6S. The van der Waals surface area contributed by atoms with Crippen molar-refractivity contribution in [2.45, 2.75) is 64.6 Å². The van der Waals surface area contributed by atoms with E-state index in [1.165, 1.54) is 0 Å². The Morgan fingerprint density at radius 3 is 2.29 bits per heavy atom. The van der Waals surface area contributed by atoms with E-state index in [9.17, 15) is 13.2 Å². The minimum atomic E-state index is -3.56. The lowest BCUT2D eigenvalue weighted by Crippen LogP contribution is -2.41. The molecule has 0 atom stereocenters. The lowest BCUT2D eigenvalue weighted by Gasteiger charge is -2.32. The number of fused-ring (bicyclic) bond motifs is 1. The zero-order chi connectivity index (χ0) is 22.8. The molecule has 2 fully saturated rings. The van der Waals surface area contributed by atoms with E-state index in [4.69, 9.17) is 13.7 Å². The number of carbonyl (C=O) groups is 1. The highest BCUT2D eigenvalue weighted by atomic mass is 32.2. The molecular weight excluding hydrogens is 419 g/mol. The third-order valence-corrected chi connectivity index (χ3v) is 7.73. The predicted molar refractivity (Wildman–Crippen MR) is 120 cm³/mol. The van der Waals surface area contributed by atoms with Crippen molar-refractivity contribution in [1.29, 1.82) is 0 Å². The smallest absolute Gasteiger partial charge is 0.460 e. The van der Waals surface area contributed by atoms with Crippen LogP contribution < -0.4 is 15.5 Å². The van der Waals surface area contributed by atoms with Gasteiger partial charge in [0.05, 0.1) is 28.2 Å². The molecule has 2 N–H and O–H groups in total. The van der Waals surface area contributed by atoms with Crippen molar-refractivity contribution in [3.63, 3.8) is 0 Å². The maximum atomic E-state index is 12.7. The molecule has 1 amide bonds. The summed E-state index contributed by atoms with van der Waals surface area (Å²) in [5.74, 6) is 0.533. The van der Waals surface area contributed by atoms with Gasteiger partial charge in [0, 0.05) is 29.9 Å². The van der Waals surface area contributed by atoms with E-state index in [-0.39, 0.29) is 17.6 Å². The molecule has 1 aliphatic heterocycles. The number of benzene rings is 1. The summed E-state index contributed by atoms with van der Waals surface area (Å²) in [6, 6.07) is 3.38. The van der Waals surface area contributed by atoms with E-state index in [1.54, 1.807) is 26.1 Å². The van der Waals surface area contributed by atoms with Crippen LogP contribution in [0.3, 0.4) is 0 Å². The largest absolute Gasteiger partial charge is 0.497 e. The van der Waals surface area contributed by atoms with E-state index in [2.05, 4.69) is 10.0 Å². The molecule has 1 aromatic carbocycles. The summed E-state index contributed by atoms with van der Waals surface area (Å²) in [5, 5.41) is 3.30. The van der Waals surface area contributed by atoms with E-state index < -0.39 is 28.3 Å². The van der Waals surface area contributed by atoms with Gasteiger partial charge in [-0.25, -0.2) is 8.42 Å². The molecule has 1 saturated carbocycles. The number of sulfonamides is 1. The van der Waals surface area contributed by atoms with Crippen LogP contribution in [0, 0.1) is 0 Å². The van der Waals surface area contributed by atoms with Gasteiger partial charge in [0.15, 0.2) is 0 Å². The Balaban J connectivity index is 1.92. The fourth-order valence-electron chi connectivity index (χ4n) is 3.66. The van der Waals surface area contributed by atoms with Gasteiger partial charge in [-0.15, -0.1) is 0 Å². The maximum absolute atomic E-state index is 12.7. The summed E-state index contributed by atoms with van der Waals surface area (Å²) in [7, 11) is -2.79. The van der Waals surface area contributed by atoms with E-state index >= 15 is 0 Å². The lowest BCUT2D eigenvalue weighted by atomic mass is 9.77. The summed E-state index contributed by atoms with van der Waals surface area (Å²) in [4.78, 5) is 12.7. The van der Waals surface area contributed by atoms with Crippen LogP contribution in [0.15, 0.2) is 16.5 Å². The molecule has 0 spiro atoms.